The summed E-state index contributed by atoms with van der Waals surface area (Å²) in [6, 6.07) is 12.8. The number of carbonyl (C=O) groups is 1. The summed E-state index contributed by atoms with van der Waals surface area (Å²) < 4.78 is 35.9. The monoisotopic (exact) mass is 574 g/mol. The number of nitrogens with one attached hydrogen (secondary N) is 2. The van der Waals surface area contributed by atoms with Crippen LogP contribution in [0, 0.1) is 0 Å². The first kappa shape index (κ1) is 26.6. The molecule has 0 bridgehead atoms. The van der Waals surface area contributed by atoms with Crippen molar-refractivity contribution in [3.05, 3.63) is 53.6 Å². The molecule has 7 nitrogen and oxygen atoms in total. The van der Waals surface area contributed by atoms with Gasteiger partial charge in [-0.2, -0.15) is 8.78 Å². The van der Waals surface area contributed by atoms with Crippen LogP contribution < -0.4 is 25.0 Å². The van der Waals surface area contributed by atoms with E-state index < -0.39 is 6.61 Å². The van der Waals surface area contributed by atoms with Gasteiger partial charge in [-0.15, -0.1) is 24.0 Å². The van der Waals surface area contributed by atoms with E-state index in [0.29, 0.717) is 31.2 Å². The highest BCUT2D eigenvalue weighted by Gasteiger charge is 2.24. The molecule has 2 aromatic rings. The Bertz CT molecular complexity index is 959. The van der Waals surface area contributed by atoms with Crippen LogP contribution >= 0.6 is 24.0 Å². The zero-order chi connectivity index (χ0) is 22.9. The number of alkyl halides is 2. The molecule has 0 saturated carbocycles. The number of hydrogen-bond acceptors (Lipinski definition) is 4. The van der Waals surface area contributed by atoms with Crippen LogP contribution in [-0.4, -0.2) is 44.7 Å². The van der Waals surface area contributed by atoms with Crippen molar-refractivity contribution in [2.45, 2.75) is 33.4 Å². The Balaban J connectivity index is 0.00000385. The van der Waals surface area contributed by atoms with Gasteiger partial charge in [-0.05, 0) is 38.0 Å². The summed E-state index contributed by atoms with van der Waals surface area (Å²) in [5, 5.41) is 6.09. The molecule has 180 valence electrons. The maximum Gasteiger partial charge on any atom is 0.387 e. The molecule has 0 saturated heterocycles. The first-order chi connectivity index (χ1) is 15.5. The molecule has 0 aromatic heterocycles. The van der Waals surface area contributed by atoms with Crippen LogP contribution in [0.2, 0.25) is 0 Å². The second kappa shape index (κ2) is 13.2. The second-order valence-corrected chi connectivity index (χ2v) is 7.03. The topological polar surface area (TPSA) is 75.2 Å². The summed E-state index contributed by atoms with van der Waals surface area (Å²) in [7, 11) is 0. The SMILES string of the molecule is CCNC(=NCc1cccc(OCC)c1OC(F)F)NCC(=O)N1CCc2ccccc21.I. The van der Waals surface area contributed by atoms with Gasteiger partial charge in [0.2, 0.25) is 5.91 Å². The number of amides is 1. The van der Waals surface area contributed by atoms with Gasteiger partial charge in [0.05, 0.1) is 19.7 Å². The highest BCUT2D eigenvalue weighted by Crippen LogP contribution is 2.33. The summed E-state index contributed by atoms with van der Waals surface area (Å²) in [4.78, 5) is 18.9. The number of para-hydroxylation sites is 2. The van der Waals surface area contributed by atoms with Crippen molar-refractivity contribution in [2.75, 3.05) is 31.1 Å². The van der Waals surface area contributed by atoms with Crippen LogP contribution in [0.25, 0.3) is 0 Å². The molecular weight excluding hydrogens is 545 g/mol. The first-order valence-electron chi connectivity index (χ1n) is 10.6. The lowest BCUT2D eigenvalue weighted by molar-refractivity contribution is -0.117. The van der Waals surface area contributed by atoms with Crippen molar-refractivity contribution in [1.29, 1.82) is 0 Å². The van der Waals surface area contributed by atoms with Gasteiger partial charge in [0.15, 0.2) is 17.5 Å². The van der Waals surface area contributed by atoms with Gasteiger partial charge in [-0.25, -0.2) is 4.99 Å². The zero-order valence-electron chi connectivity index (χ0n) is 18.6. The number of nitrogens with zero attached hydrogens (tertiary/aromatic N) is 2. The number of guanidine groups is 1. The molecule has 2 aromatic carbocycles. The number of hydrogen-bond donors (Lipinski definition) is 2. The van der Waals surface area contributed by atoms with Gasteiger partial charge in [0.25, 0.3) is 0 Å². The van der Waals surface area contributed by atoms with Gasteiger partial charge in [-0.3, -0.25) is 4.79 Å². The molecule has 0 spiro atoms. The third-order valence-corrected chi connectivity index (χ3v) is 4.91. The van der Waals surface area contributed by atoms with E-state index in [4.69, 9.17) is 9.47 Å². The highest BCUT2D eigenvalue weighted by atomic mass is 127. The van der Waals surface area contributed by atoms with E-state index >= 15 is 0 Å². The molecule has 0 aliphatic carbocycles. The Kier molecular flexibility index (Phi) is 10.6. The smallest absolute Gasteiger partial charge is 0.387 e. The molecule has 0 radical (unpaired) electrons. The Morgan fingerprint density at radius 2 is 1.94 bits per heavy atom. The molecule has 0 fully saturated rings. The summed E-state index contributed by atoms with van der Waals surface area (Å²) in [5.41, 5.74) is 2.54. The van der Waals surface area contributed by atoms with Crippen LogP contribution in [0.1, 0.15) is 25.0 Å². The van der Waals surface area contributed by atoms with E-state index in [1.807, 2.05) is 31.2 Å². The Hall–Kier alpha value is -2.63. The van der Waals surface area contributed by atoms with Crippen molar-refractivity contribution < 1.29 is 23.0 Å². The van der Waals surface area contributed by atoms with Crippen molar-refractivity contribution in [2.24, 2.45) is 4.99 Å². The summed E-state index contributed by atoms with van der Waals surface area (Å²) in [5.74, 6) is 0.536. The summed E-state index contributed by atoms with van der Waals surface area (Å²) in [6.07, 6.45) is 0.832. The van der Waals surface area contributed by atoms with E-state index in [1.165, 1.54) is 0 Å². The molecule has 2 N–H and O–H groups in total. The number of anilines is 1. The summed E-state index contributed by atoms with van der Waals surface area (Å²) >= 11 is 0. The number of benzene rings is 2. The van der Waals surface area contributed by atoms with Crippen molar-refractivity contribution in [1.82, 2.24) is 10.6 Å². The van der Waals surface area contributed by atoms with E-state index in [-0.39, 0.29) is 54.5 Å². The van der Waals surface area contributed by atoms with E-state index in [0.717, 1.165) is 17.7 Å². The number of halogens is 3. The largest absolute Gasteiger partial charge is 0.490 e. The van der Waals surface area contributed by atoms with Crippen LogP contribution in [0.4, 0.5) is 14.5 Å². The molecule has 1 aliphatic rings. The van der Waals surface area contributed by atoms with Crippen LogP contribution in [0.15, 0.2) is 47.5 Å². The number of ether oxygens (including phenoxy) is 2. The lowest BCUT2D eigenvalue weighted by atomic mass is 10.2. The number of rotatable bonds is 9. The van der Waals surface area contributed by atoms with E-state index in [9.17, 15) is 13.6 Å². The Morgan fingerprint density at radius 1 is 1.15 bits per heavy atom. The molecule has 1 heterocycles. The molecule has 0 unspecified atom stereocenters. The lowest BCUT2D eigenvalue weighted by Crippen LogP contribution is -2.44. The zero-order valence-corrected chi connectivity index (χ0v) is 21.0. The molecule has 3 rings (SSSR count). The lowest BCUT2D eigenvalue weighted by Gasteiger charge is -2.19. The van der Waals surface area contributed by atoms with Gasteiger partial charge in [0.1, 0.15) is 0 Å². The fourth-order valence-corrected chi connectivity index (χ4v) is 3.54. The minimum Gasteiger partial charge on any atom is -0.490 e. The molecule has 1 aliphatic heterocycles. The average Bonchev–Trinajstić information content (AvgIpc) is 3.21. The maximum atomic E-state index is 12.9. The van der Waals surface area contributed by atoms with Crippen LogP contribution in [-0.2, 0) is 17.8 Å². The molecule has 1 amide bonds. The summed E-state index contributed by atoms with van der Waals surface area (Å²) in [6.45, 7) is 2.35. The van der Waals surface area contributed by atoms with Gasteiger partial charge in [-0.1, -0.05) is 30.3 Å². The minimum atomic E-state index is -2.98. The fraction of sp³-hybridized carbons (Fsp3) is 0.391. The quantitative estimate of drug-likeness (QED) is 0.270. The third-order valence-electron chi connectivity index (χ3n) is 4.91. The third kappa shape index (κ3) is 7.18. The second-order valence-electron chi connectivity index (χ2n) is 7.03. The number of fused-ring (bicyclic) bond motifs is 1. The maximum absolute atomic E-state index is 12.9. The Labute approximate surface area is 209 Å². The minimum absolute atomic E-state index is 0. The average molecular weight is 574 g/mol. The predicted molar refractivity (Wildman–Crippen MR) is 135 cm³/mol. The highest BCUT2D eigenvalue weighted by molar-refractivity contribution is 14.0. The van der Waals surface area contributed by atoms with Crippen LogP contribution in [0.3, 0.4) is 0 Å². The molecule has 10 heteroatoms. The van der Waals surface area contributed by atoms with Crippen LogP contribution in [0.5, 0.6) is 11.5 Å². The van der Waals surface area contributed by atoms with Crippen molar-refractivity contribution >= 4 is 41.5 Å². The van der Waals surface area contributed by atoms with E-state index in [2.05, 4.69) is 15.6 Å². The number of aliphatic imine (C=N–C) groups is 1. The molecular formula is C23H29F2IN4O3. The molecule has 0 atom stereocenters. The van der Waals surface area contributed by atoms with Gasteiger partial charge >= 0.3 is 6.61 Å². The van der Waals surface area contributed by atoms with Gasteiger partial charge < -0.3 is 25.0 Å². The van der Waals surface area contributed by atoms with Crippen molar-refractivity contribution in [3.8, 4) is 11.5 Å². The standard InChI is InChI=1S/C23H28F2N4O3.HI/c1-3-26-23(28-15-20(30)29-13-12-16-8-5-6-10-18(16)29)27-14-17-9-7-11-19(31-4-2)21(17)32-22(24)25;/h5-11,22H,3-4,12-15H2,1-2H3,(H2,26,27,28);1H. The Morgan fingerprint density at radius 3 is 2.67 bits per heavy atom. The molecule has 33 heavy (non-hydrogen) atoms. The van der Waals surface area contributed by atoms with Gasteiger partial charge in [0, 0.05) is 24.3 Å². The first-order valence-corrected chi connectivity index (χ1v) is 10.6. The number of carbonyl (C=O) groups excluding carboxylic acids is 1. The predicted octanol–water partition coefficient (Wildman–Crippen LogP) is 3.95. The van der Waals surface area contributed by atoms with Crippen molar-refractivity contribution in [3.63, 3.8) is 0 Å². The van der Waals surface area contributed by atoms with E-state index in [1.54, 1.807) is 30.0 Å². The normalized spacial score (nSPS) is 12.8. The fourth-order valence-electron chi connectivity index (χ4n) is 3.54.